The van der Waals surface area contributed by atoms with E-state index in [1.54, 1.807) is 39.0 Å². The standard InChI is InChI=1S/C29H35N3O7S/c1-6-12-39-28(35)25-18(3)30-29-32(26(25)20-13-22(36-4)16-23(14-20)37-5)21(17-40-29)15-24(33)31-10-8-19(9-11-31)27(34)38-7-2/h6,13-14,16-17,19,26H,1,7-12,15H2,2-5H3. The number of rotatable bonds is 10. The summed E-state index contributed by atoms with van der Waals surface area (Å²) in [5.41, 5.74) is 2.33. The Morgan fingerprint density at radius 2 is 1.77 bits per heavy atom. The Morgan fingerprint density at radius 3 is 2.38 bits per heavy atom. The molecule has 3 aliphatic heterocycles. The maximum atomic E-state index is 13.4. The smallest absolute Gasteiger partial charge is 0.338 e. The molecule has 0 N–H and O–H groups in total. The highest BCUT2D eigenvalue weighted by Gasteiger charge is 2.42. The number of piperidine rings is 1. The van der Waals surface area contributed by atoms with Crippen LogP contribution in [0.4, 0.5) is 0 Å². The second-order valence-electron chi connectivity index (χ2n) is 9.51. The SMILES string of the molecule is C=CCOC(=O)C1=C(C)N=C2SC=C(CC(=O)N3CCC(C(=O)OCC)CC3)N2C1c1cc(OC)cc(OC)c1. The molecule has 1 amide bonds. The van der Waals surface area contributed by atoms with Crippen molar-refractivity contribution >= 4 is 34.8 Å². The van der Waals surface area contributed by atoms with E-state index in [0.29, 0.717) is 60.5 Å². The number of carbonyl (C=O) groups is 3. The molecule has 0 aromatic heterocycles. The summed E-state index contributed by atoms with van der Waals surface area (Å²) >= 11 is 1.40. The molecular formula is C29H35N3O7S. The first-order chi connectivity index (χ1) is 19.3. The molecule has 11 heteroatoms. The van der Waals surface area contributed by atoms with Crippen LogP contribution in [-0.4, -0.2) is 73.3 Å². The summed E-state index contributed by atoms with van der Waals surface area (Å²) in [6, 6.07) is 4.81. The summed E-state index contributed by atoms with van der Waals surface area (Å²) in [5, 5.41) is 2.56. The Morgan fingerprint density at radius 1 is 1.10 bits per heavy atom. The van der Waals surface area contributed by atoms with Gasteiger partial charge < -0.3 is 28.7 Å². The highest BCUT2D eigenvalue weighted by atomic mass is 32.2. The van der Waals surface area contributed by atoms with Gasteiger partial charge in [-0.05, 0) is 49.8 Å². The number of ether oxygens (including phenoxy) is 4. The van der Waals surface area contributed by atoms with Crippen LogP contribution in [0.3, 0.4) is 0 Å². The second kappa shape index (κ2) is 13.1. The first kappa shape index (κ1) is 29.3. The van der Waals surface area contributed by atoms with E-state index in [0.717, 1.165) is 11.3 Å². The summed E-state index contributed by atoms with van der Waals surface area (Å²) in [6.07, 6.45) is 2.77. The number of thioether (sulfide) groups is 1. The van der Waals surface area contributed by atoms with Crippen molar-refractivity contribution in [2.75, 3.05) is 40.5 Å². The number of aliphatic imine (C=N–C) groups is 1. The van der Waals surface area contributed by atoms with Crippen molar-refractivity contribution in [3.05, 3.63) is 58.8 Å². The molecular weight excluding hydrogens is 534 g/mol. The van der Waals surface area contributed by atoms with Gasteiger partial charge in [-0.1, -0.05) is 24.4 Å². The third-order valence-corrected chi connectivity index (χ3v) is 7.93. The molecule has 0 bridgehead atoms. The fourth-order valence-corrected chi connectivity index (χ4v) is 6.00. The zero-order valence-corrected chi connectivity index (χ0v) is 24.1. The van der Waals surface area contributed by atoms with Crippen LogP contribution in [0.5, 0.6) is 11.5 Å². The van der Waals surface area contributed by atoms with Crippen molar-refractivity contribution in [1.82, 2.24) is 9.80 Å². The summed E-state index contributed by atoms with van der Waals surface area (Å²) in [5.74, 6) is 0.166. The van der Waals surface area contributed by atoms with Crippen LogP contribution in [-0.2, 0) is 23.9 Å². The molecule has 3 heterocycles. The van der Waals surface area contributed by atoms with Gasteiger partial charge in [-0.3, -0.25) is 9.59 Å². The van der Waals surface area contributed by atoms with Gasteiger partial charge in [0.25, 0.3) is 0 Å². The Labute approximate surface area is 238 Å². The number of allylic oxidation sites excluding steroid dienone is 1. The number of carbonyl (C=O) groups excluding carboxylic acids is 3. The molecule has 1 aromatic rings. The predicted molar refractivity (Wildman–Crippen MR) is 152 cm³/mol. The summed E-state index contributed by atoms with van der Waals surface area (Å²) in [6.45, 7) is 8.58. The lowest BCUT2D eigenvalue weighted by Crippen LogP contribution is -2.42. The zero-order valence-electron chi connectivity index (χ0n) is 23.3. The predicted octanol–water partition coefficient (Wildman–Crippen LogP) is 4.20. The van der Waals surface area contributed by atoms with Gasteiger partial charge in [0.1, 0.15) is 18.1 Å². The number of methoxy groups -OCH3 is 2. The Bertz CT molecular complexity index is 1240. The van der Waals surface area contributed by atoms with E-state index >= 15 is 0 Å². The van der Waals surface area contributed by atoms with Crippen molar-refractivity contribution in [3.8, 4) is 11.5 Å². The van der Waals surface area contributed by atoms with Crippen LogP contribution in [0.25, 0.3) is 0 Å². The van der Waals surface area contributed by atoms with Crippen molar-refractivity contribution in [3.63, 3.8) is 0 Å². The average Bonchev–Trinajstić information content (AvgIpc) is 3.36. The van der Waals surface area contributed by atoms with Crippen LogP contribution in [0, 0.1) is 5.92 Å². The maximum Gasteiger partial charge on any atom is 0.338 e. The minimum absolute atomic E-state index is 0.0536. The Hall–Kier alpha value is -3.73. The first-order valence-electron chi connectivity index (χ1n) is 13.2. The molecule has 1 atom stereocenters. The number of amides is 1. The number of fused-ring (bicyclic) bond motifs is 1. The number of nitrogens with zero attached hydrogens (tertiary/aromatic N) is 3. The minimum atomic E-state index is -0.627. The number of benzene rings is 1. The maximum absolute atomic E-state index is 13.4. The molecule has 1 fully saturated rings. The van der Waals surface area contributed by atoms with Crippen LogP contribution in [0.1, 0.15) is 44.7 Å². The lowest BCUT2D eigenvalue weighted by Gasteiger charge is -2.37. The van der Waals surface area contributed by atoms with E-state index in [2.05, 4.69) is 6.58 Å². The molecule has 10 nitrogen and oxygen atoms in total. The van der Waals surface area contributed by atoms with Crippen LogP contribution < -0.4 is 9.47 Å². The van der Waals surface area contributed by atoms with E-state index in [-0.39, 0.29) is 30.8 Å². The Kier molecular flexibility index (Phi) is 9.57. The fraction of sp³-hybridized carbons (Fsp3) is 0.448. The lowest BCUT2D eigenvalue weighted by atomic mass is 9.93. The van der Waals surface area contributed by atoms with E-state index in [4.69, 9.17) is 23.9 Å². The minimum Gasteiger partial charge on any atom is -0.497 e. The third-order valence-electron chi connectivity index (χ3n) is 7.04. The molecule has 1 unspecified atom stereocenters. The number of hydrogen-bond acceptors (Lipinski definition) is 10. The van der Waals surface area contributed by atoms with Gasteiger partial charge in [-0.15, -0.1) is 0 Å². The molecule has 1 aromatic carbocycles. The van der Waals surface area contributed by atoms with Gasteiger partial charge in [-0.25, -0.2) is 9.79 Å². The molecule has 3 aliphatic rings. The summed E-state index contributed by atoms with van der Waals surface area (Å²) in [7, 11) is 3.13. The molecule has 0 spiro atoms. The zero-order chi connectivity index (χ0) is 28.8. The van der Waals surface area contributed by atoms with Crippen molar-refractivity contribution in [2.24, 2.45) is 10.9 Å². The van der Waals surface area contributed by atoms with E-state index in [1.165, 1.54) is 17.8 Å². The van der Waals surface area contributed by atoms with Crippen LogP contribution in [0.2, 0.25) is 0 Å². The fourth-order valence-electron chi connectivity index (χ4n) is 5.04. The average molecular weight is 570 g/mol. The van der Waals surface area contributed by atoms with E-state index in [9.17, 15) is 14.4 Å². The van der Waals surface area contributed by atoms with E-state index < -0.39 is 12.0 Å². The summed E-state index contributed by atoms with van der Waals surface area (Å²) < 4.78 is 21.6. The van der Waals surface area contributed by atoms with Crippen molar-refractivity contribution in [2.45, 2.75) is 39.2 Å². The van der Waals surface area contributed by atoms with Crippen molar-refractivity contribution in [1.29, 1.82) is 0 Å². The third kappa shape index (κ3) is 6.19. The molecule has 0 aliphatic carbocycles. The molecule has 1 saturated heterocycles. The van der Waals surface area contributed by atoms with Gasteiger partial charge in [0.2, 0.25) is 5.91 Å². The Balaban J connectivity index is 1.62. The quantitative estimate of drug-likeness (QED) is 0.303. The lowest BCUT2D eigenvalue weighted by molar-refractivity contribution is -0.151. The molecule has 0 saturated carbocycles. The topological polar surface area (TPSA) is 107 Å². The van der Waals surface area contributed by atoms with E-state index in [1.807, 2.05) is 22.4 Å². The second-order valence-corrected chi connectivity index (χ2v) is 10.3. The van der Waals surface area contributed by atoms with Crippen LogP contribution >= 0.6 is 11.8 Å². The largest absolute Gasteiger partial charge is 0.497 e. The van der Waals surface area contributed by atoms with Gasteiger partial charge >= 0.3 is 11.9 Å². The molecule has 214 valence electrons. The highest BCUT2D eigenvalue weighted by Crippen LogP contribution is 2.46. The number of amidine groups is 1. The van der Waals surface area contributed by atoms with Crippen molar-refractivity contribution < 1.29 is 33.3 Å². The van der Waals surface area contributed by atoms with Gasteiger partial charge in [0, 0.05) is 24.9 Å². The number of esters is 2. The first-order valence-corrected chi connectivity index (χ1v) is 14.1. The molecule has 40 heavy (non-hydrogen) atoms. The summed E-state index contributed by atoms with van der Waals surface area (Å²) in [4.78, 5) is 47.3. The van der Waals surface area contributed by atoms with Gasteiger partial charge in [0.15, 0.2) is 5.17 Å². The number of hydrogen-bond donors (Lipinski definition) is 0. The molecule has 0 radical (unpaired) electrons. The van der Waals surface area contributed by atoms with Crippen LogP contribution in [0.15, 0.2) is 58.2 Å². The van der Waals surface area contributed by atoms with Gasteiger partial charge in [-0.2, -0.15) is 0 Å². The normalized spacial score (nSPS) is 18.9. The highest BCUT2D eigenvalue weighted by molar-refractivity contribution is 8.16. The van der Waals surface area contributed by atoms with Gasteiger partial charge in [0.05, 0.1) is 50.5 Å². The molecule has 4 rings (SSSR count). The number of likely N-dealkylation sites (tertiary alicyclic amines) is 1. The monoisotopic (exact) mass is 569 g/mol.